The molecule has 0 atom stereocenters. The third kappa shape index (κ3) is 2.23. The molecule has 0 bridgehead atoms. The maximum atomic E-state index is 9.07. The third-order valence-corrected chi connectivity index (χ3v) is 3.53. The molecular formula is C12H18BNO3. The van der Waals surface area contributed by atoms with Crippen molar-refractivity contribution in [3.8, 4) is 0 Å². The van der Waals surface area contributed by atoms with Crippen LogP contribution in [-0.2, 0) is 15.9 Å². The predicted octanol–water partition coefficient (Wildman–Crippen LogP) is 0.873. The van der Waals surface area contributed by atoms with Crippen molar-refractivity contribution in [2.45, 2.75) is 45.5 Å². The van der Waals surface area contributed by atoms with Crippen LogP contribution in [0.1, 0.15) is 33.4 Å². The minimum absolute atomic E-state index is 0.0760. The van der Waals surface area contributed by atoms with Gasteiger partial charge in [-0.1, -0.05) is 0 Å². The van der Waals surface area contributed by atoms with Gasteiger partial charge in [-0.3, -0.25) is 4.98 Å². The van der Waals surface area contributed by atoms with Crippen LogP contribution in [0.2, 0.25) is 0 Å². The number of hydrogen-bond donors (Lipinski definition) is 1. The van der Waals surface area contributed by atoms with Crippen LogP contribution in [0.4, 0.5) is 0 Å². The maximum Gasteiger partial charge on any atom is 0.494 e. The molecule has 92 valence electrons. The van der Waals surface area contributed by atoms with E-state index in [4.69, 9.17) is 14.4 Å². The summed E-state index contributed by atoms with van der Waals surface area (Å²) in [6.45, 7) is 7.98. The lowest BCUT2D eigenvalue weighted by molar-refractivity contribution is 0.00578. The first-order valence-electron chi connectivity index (χ1n) is 5.77. The molecule has 0 amide bonds. The van der Waals surface area contributed by atoms with Crippen LogP contribution in [-0.4, -0.2) is 28.4 Å². The van der Waals surface area contributed by atoms with Crippen LogP contribution in [0.5, 0.6) is 0 Å². The van der Waals surface area contributed by atoms with E-state index in [1.165, 1.54) is 0 Å². The second kappa shape index (κ2) is 4.08. The Balaban J connectivity index is 2.25. The van der Waals surface area contributed by atoms with Crippen molar-refractivity contribution in [3.63, 3.8) is 0 Å². The molecule has 2 heterocycles. The highest BCUT2D eigenvalue weighted by atomic mass is 16.7. The summed E-state index contributed by atoms with van der Waals surface area (Å²) in [5.41, 5.74) is 0.820. The van der Waals surface area contributed by atoms with Crippen LogP contribution in [0, 0.1) is 0 Å². The summed E-state index contributed by atoms with van der Waals surface area (Å²) in [4.78, 5) is 4.04. The van der Waals surface area contributed by atoms with E-state index in [1.54, 1.807) is 6.20 Å². The summed E-state index contributed by atoms with van der Waals surface area (Å²) in [6.07, 6.45) is 1.66. The minimum Gasteiger partial charge on any atom is -0.399 e. The summed E-state index contributed by atoms with van der Waals surface area (Å²) in [5.74, 6) is 0. The lowest BCUT2D eigenvalue weighted by Gasteiger charge is -2.32. The van der Waals surface area contributed by atoms with Crippen molar-refractivity contribution in [1.29, 1.82) is 0 Å². The van der Waals surface area contributed by atoms with Crippen molar-refractivity contribution in [3.05, 3.63) is 24.0 Å². The molecule has 0 spiro atoms. The summed E-state index contributed by atoms with van der Waals surface area (Å²) in [7, 11) is -0.395. The van der Waals surface area contributed by atoms with Gasteiger partial charge in [0, 0.05) is 6.20 Å². The fraction of sp³-hybridized carbons (Fsp3) is 0.583. The van der Waals surface area contributed by atoms with Gasteiger partial charge in [0.15, 0.2) is 0 Å². The molecule has 1 N–H and O–H groups in total. The predicted molar refractivity (Wildman–Crippen MR) is 65.9 cm³/mol. The Labute approximate surface area is 102 Å². The van der Waals surface area contributed by atoms with Gasteiger partial charge >= 0.3 is 7.12 Å². The zero-order chi connectivity index (χ0) is 12.7. The van der Waals surface area contributed by atoms with Crippen LogP contribution >= 0.6 is 0 Å². The van der Waals surface area contributed by atoms with Gasteiger partial charge in [-0.25, -0.2) is 0 Å². The summed E-state index contributed by atoms with van der Waals surface area (Å²) < 4.78 is 11.8. The molecule has 0 saturated carbocycles. The first kappa shape index (κ1) is 12.5. The van der Waals surface area contributed by atoms with Crippen LogP contribution in [0.3, 0.4) is 0 Å². The quantitative estimate of drug-likeness (QED) is 0.773. The number of pyridine rings is 1. The molecule has 1 aromatic rings. The molecule has 1 aromatic heterocycles. The highest BCUT2D eigenvalue weighted by Gasteiger charge is 2.51. The molecule has 1 saturated heterocycles. The number of aliphatic hydroxyl groups excluding tert-OH is 1. The van der Waals surface area contributed by atoms with Crippen LogP contribution in [0.25, 0.3) is 0 Å². The van der Waals surface area contributed by atoms with Crippen LogP contribution < -0.4 is 5.46 Å². The van der Waals surface area contributed by atoms with Gasteiger partial charge in [0.25, 0.3) is 0 Å². The molecule has 4 nitrogen and oxygen atoms in total. The average molecular weight is 235 g/mol. The first-order valence-corrected chi connectivity index (χ1v) is 5.77. The fourth-order valence-corrected chi connectivity index (χ4v) is 1.71. The molecule has 1 fully saturated rings. The molecule has 0 aromatic carbocycles. The Hall–Kier alpha value is -0.905. The maximum absolute atomic E-state index is 9.07. The van der Waals surface area contributed by atoms with E-state index in [9.17, 15) is 0 Å². The van der Waals surface area contributed by atoms with Crippen molar-refractivity contribution < 1.29 is 14.4 Å². The first-order chi connectivity index (χ1) is 7.86. The fourth-order valence-electron chi connectivity index (χ4n) is 1.71. The Morgan fingerprint density at radius 3 is 2.35 bits per heavy atom. The van der Waals surface area contributed by atoms with E-state index in [1.807, 2.05) is 39.8 Å². The Morgan fingerprint density at radius 2 is 1.82 bits per heavy atom. The number of nitrogens with zero attached hydrogens (tertiary/aromatic N) is 1. The monoisotopic (exact) mass is 235 g/mol. The molecule has 0 radical (unpaired) electrons. The SMILES string of the molecule is CC1(C)OB(c2ccnc(CO)c2)OC1(C)C. The summed E-state index contributed by atoms with van der Waals surface area (Å²) >= 11 is 0. The second-order valence-electron chi connectivity index (χ2n) is 5.33. The molecule has 0 unspecified atom stereocenters. The van der Waals surface area contributed by atoms with E-state index in [0.717, 1.165) is 5.46 Å². The van der Waals surface area contributed by atoms with Gasteiger partial charge in [0.2, 0.25) is 0 Å². The zero-order valence-electron chi connectivity index (χ0n) is 10.7. The van der Waals surface area contributed by atoms with Crippen molar-refractivity contribution in [2.24, 2.45) is 0 Å². The van der Waals surface area contributed by atoms with Crippen molar-refractivity contribution in [2.75, 3.05) is 0 Å². The molecular weight excluding hydrogens is 217 g/mol. The minimum atomic E-state index is -0.395. The molecule has 1 aliphatic rings. The zero-order valence-corrected chi connectivity index (χ0v) is 10.7. The number of rotatable bonds is 2. The largest absolute Gasteiger partial charge is 0.494 e. The van der Waals surface area contributed by atoms with E-state index in [2.05, 4.69) is 4.98 Å². The lowest BCUT2D eigenvalue weighted by Crippen LogP contribution is -2.41. The molecule has 1 aliphatic heterocycles. The van der Waals surface area contributed by atoms with Crippen LogP contribution in [0.15, 0.2) is 18.3 Å². The van der Waals surface area contributed by atoms with E-state index in [0.29, 0.717) is 5.69 Å². The normalized spacial score (nSPS) is 21.8. The van der Waals surface area contributed by atoms with Gasteiger partial charge in [0.1, 0.15) is 0 Å². The molecule has 17 heavy (non-hydrogen) atoms. The molecule has 5 heteroatoms. The summed E-state index contributed by atoms with van der Waals surface area (Å²) in [5, 5.41) is 9.07. The second-order valence-corrected chi connectivity index (χ2v) is 5.33. The average Bonchev–Trinajstić information content (AvgIpc) is 2.48. The van der Waals surface area contributed by atoms with Crippen molar-refractivity contribution >= 4 is 12.6 Å². The summed E-state index contributed by atoms with van der Waals surface area (Å²) in [6, 6.07) is 3.66. The lowest BCUT2D eigenvalue weighted by atomic mass is 9.79. The molecule has 2 rings (SSSR count). The Bertz CT molecular complexity index is 404. The van der Waals surface area contributed by atoms with Gasteiger partial charge in [0.05, 0.1) is 23.5 Å². The number of aromatic nitrogens is 1. The standard InChI is InChI=1S/C12H18BNO3/c1-11(2)12(3,4)17-13(16-11)9-5-6-14-10(7-9)8-15/h5-7,15H,8H2,1-4H3. The van der Waals surface area contributed by atoms with Crippen molar-refractivity contribution in [1.82, 2.24) is 4.98 Å². The van der Waals surface area contributed by atoms with Gasteiger partial charge in [-0.2, -0.15) is 0 Å². The Morgan fingerprint density at radius 1 is 1.24 bits per heavy atom. The molecule has 0 aliphatic carbocycles. The van der Waals surface area contributed by atoms with E-state index >= 15 is 0 Å². The van der Waals surface area contributed by atoms with E-state index in [-0.39, 0.29) is 17.8 Å². The van der Waals surface area contributed by atoms with E-state index < -0.39 is 7.12 Å². The van der Waals surface area contributed by atoms with Gasteiger partial charge in [-0.05, 0) is 45.3 Å². The van der Waals surface area contributed by atoms with Gasteiger partial charge < -0.3 is 14.4 Å². The smallest absolute Gasteiger partial charge is 0.399 e. The topological polar surface area (TPSA) is 51.6 Å². The Kier molecular flexibility index (Phi) is 3.02. The highest BCUT2D eigenvalue weighted by molar-refractivity contribution is 6.62. The van der Waals surface area contributed by atoms with Gasteiger partial charge in [-0.15, -0.1) is 0 Å². The third-order valence-electron chi connectivity index (χ3n) is 3.53. The number of aliphatic hydroxyl groups is 1. The number of hydrogen-bond acceptors (Lipinski definition) is 4. The highest BCUT2D eigenvalue weighted by Crippen LogP contribution is 2.36.